The minimum absolute atomic E-state index is 0.125. The van der Waals surface area contributed by atoms with Crippen molar-refractivity contribution in [3.8, 4) is 0 Å². The minimum atomic E-state index is -0.125. The van der Waals surface area contributed by atoms with E-state index in [2.05, 4.69) is 38.1 Å². The van der Waals surface area contributed by atoms with E-state index in [4.69, 9.17) is 0 Å². The highest BCUT2D eigenvalue weighted by Crippen LogP contribution is 2.35. The number of hydrogen-bond acceptors (Lipinski definition) is 4. The van der Waals surface area contributed by atoms with Gasteiger partial charge < -0.3 is 0 Å². The molecule has 110 valence electrons. The number of rotatable bonds is 3. The SMILES string of the molecule is O=C(Nc1nnc(C2CCCCC2)s1)c1cccc(I)c1. The summed E-state index contributed by atoms with van der Waals surface area (Å²) >= 11 is 3.71. The number of hydrogen-bond donors (Lipinski definition) is 1. The summed E-state index contributed by atoms with van der Waals surface area (Å²) in [5.41, 5.74) is 0.649. The van der Waals surface area contributed by atoms with Gasteiger partial charge in [-0.1, -0.05) is 36.7 Å². The molecule has 1 N–H and O–H groups in total. The van der Waals surface area contributed by atoms with Crippen LogP contribution in [0.3, 0.4) is 0 Å². The predicted molar refractivity (Wildman–Crippen MR) is 92.8 cm³/mol. The van der Waals surface area contributed by atoms with Crippen LogP contribution in [0, 0.1) is 3.57 Å². The Morgan fingerprint density at radius 2 is 2.05 bits per heavy atom. The molecule has 1 heterocycles. The molecule has 1 aliphatic carbocycles. The monoisotopic (exact) mass is 413 g/mol. The summed E-state index contributed by atoms with van der Waals surface area (Å²) in [4.78, 5) is 12.2. The van der Waals surface area contributed by atoms with Gasteiger partial charge in [0.15, 0.2) is 0 Å². The molecule has 3 rings (SSSR count). The molecule has 1 aliphatic rings. The molecule has 0 bridgehead atoms. The average molecular weight is 413 g/mol. The summed E-state index contributed by atoms with van der Waals surface area (Å²) < 4.78 is 1.04. The molecule has 6 heteroatoms. The summed E-state index contributed by atoms with van der Waals surface area (Å²) in [6, 6.07) is 7.51. The van der Waals surface area contributed by atoms with Gasteiger partial charge in [-0.2, -0.15) is 0 Å². The standard InChI is InChI=1S/C15H16IN3OS/c16-12-8-4-7-11(9-12)13(20)17-15-19-18-14(21-15)10-5-2-1-3-6-10/h4,7-10H,1-3,5-6H2,(H,17,19,20). The third-order valence-electron chi connectivity index (χ3n) is 3.70. The molecule has 21 heavy (non-hydrogen) atoms. The highest BCUT2D eigenvalue weighted by Gasteiger charge is 2.20. The summed E-state index contributed by atoms with van der Waals surface area (Å²) in [6.45, 7) is 0. The van der Waals surface area contributed by atoms with Crippen molar-refractivity contribution in [2.75, 3.05) is 5.32 Å². The maximum atomic E-state index is 12.2. The van der Waals surface area contributed by atoms with Crippen molar-refractivity contribution in [1.29, 1.82) is 0 Å². The number of nitrogens with one attached hydrogen (secondary N) is 1. The van der Waals surface area contributed by atoms with Crippen molar-refractivity contribution in [3.05, 3.63) is 38.4 Å². The number of carbonyl (C=O) groups is 1. The molecule has 0 saturated heterocycles. The van der Waals surface area contributed by atoms with E-state index in [9.17, 15) is 4.79 Å². The second-order valence-electron chi connectivity index (χ2n) is 5.24. The lowest BCUT2D eigenvalue weighted by atomic mass is 9.90. The Balaban J connectivity index is 1.68. The number of anilines is 1. The molecule has 0 aliphatic heterocycles. The van der Waals surface area contributed by atoms with E-state index >= 15 is 0 Å². The smallest absolute Gasteiger partial charge is 0.257 e. The van der Waals surface area contributed by atoms with E-state index in [1.54, 1.807) is 6.07 Å². The number of aromatic nitrogens is 2. The van der Waals surface area contributed by atoms with Crippen LogP contribution in [0.25, 0.3) is 0 Å². The molecular formula is C15H16IN3OS. The fraction of sp³-hybridized carbons (Fsp3) is 0.400. The molecule has 2 aromatic rings. The summed E-state index contributed by atoms with van der Waals surface area (Å²) in [5.74, 6) is 0.402. The largest absolute Gasteiger partial charge is 0.296 e. The number of carbonyl (C=O) groups excluding carboxylic acids is 1. The molecule has 1 amide bonds. The lowest BCUT2D eigenvalue weighted by molar-refractivity contribution is 0.102. The Bertz CT molecular complexity index is 637. The zero-order valence-corrected chi connectivity index (χ0v) is 14.5. The predicted octanol–water partition coefficient (Wildman–Crippen LogP) is 4.44. The van der Waals surface area contributed by atoms with Crippen molar-refractivity contribution in [1.82, 2.24) is 10.2 Å². The minimum Gasteiger partial charge on any atom is -0.296 e. The summed E-state index contributed by atoms with van der Waals surface area (Å²) in [7, 11) is 0. The van der Waals surface area contributed by atoms with Crippen LogP contribution >= 0.6 is 33.9 Å². The first-order chi connectivity index (χ1) is 10.2. The van der Waals surface area contributed by atoms with E-state index in [1.165, 1.54) is 43.4 Å². The maximum Gasteiger partial charge on any atom is 0.257 e. The Labute approximate surface area is 141 Å². The topological polar surface area (TPSA) is 54.9 Å². The van der Waals surface area contributed by atoms with Gasteiger partial charge in [-0.05, 0) is 53.6 Å². The Kier molecular flexibility index (Phi) is 4.84. The van der Waals surface area contributed by atoms with Crippen LogP contribution in [0.4, 0.5) is 5.13 Å². The van der Waals surface area contributed by atoms with Gasteiger partial charge in [-0.25, -0.2) is 0 Å². The van der Waals surface area contributed by atoms with Crippen LogP contribution < -0.4 is 5.32 Å². The molecule has 0 spiro atoms. The highest BCUT2D eigenvalue weighted by atomic mass is 127. The third kappa shape index (κ3) is 3.79. The Morgan fingerprint density at radius 3 is 2.81 bits per heavy atom. The van der Waals surface area contributed by atoms with Crippen LogP contribution in [0.15, 0.2) is 24.3 Å². The zero-order chi connectivity index (χ0) is 14.7. The van der Waals surface area contributed by atoms with E-state index < -0.39 is 0 Å². The van der Waals surface area contributed by atoms with Gasteiger partial charge in [-0.15, -0.1) is 10.2 Å². The summed E-state index contributed by atoms with van der Waals surface area (Å²) in [5, 5.41) is 12.9. The molecule has 0 atom stereocenters. The van der Waals surface area contributed by atoms with Gasteiger partial charge in [-0.3, -0.25) is 10.1 Å². The number of halogens is 1. The van der Waals surface area contributed by atoms with Crippen LogP contribution in [0.5, 0.6) is 0 Å². The van der Waals surface area contributed by atoms with Crippen LogP contribution in [-0.2, 0) is 0 Å². The quantitative estimate of drug-likeness (QED) is 0.757. The normalized spacial score (nSPS) is 15.9. The summed E-state index contributed by atoms with van der Waals surface area (Å²) in [6.07, 6.45) is 6.26. The first-order valence-corrected chi connectivity index (χ1v) is 9.02. The van der Waals surface area contributed by atoms with Gasteiger partial charge in [0.2, 0.25) is 5.13 Å². The van der Waals surface area contributed by atoms with Gasteiger partial charge in [0.05, 0.1) is 0 Å². The lowest BCUT2D eigenvalue weighted by Crippen LogP contribution is -2.11. The van der Waals surface area contributed by atoms with Crippen molar-refractivity contribution in [2.24, 2.45) is 0 Å². The van der Waals surface area contributed by atoms with E-state index in [1.807, 2.05) is 18.2 Å². The van der Waals surface area contributed by atoms with Gasteiger partial charge in [0.1, 0.15) is 5.01 Å². The second kappa shape index (κ2) is 6.83. The fourth-order valence-electron chi connectivity index (χ4n) is 2.60. The van der Waals surface area contributed by atoms with E-state index in [0.717, 1.165) is 8.58 Å². The third-order valence-corrected chi connectivity index (χ3v) is 5.37. The van der Waals surface area contributed by atoms with Gasteiger partial charge in [0, 0.05) is 15.1 Å². The number of nitrogens with zero attached hydrogens (tertiary/aromatic N) is 2. The van der Waals surface area contributed by atoms with Gasteiger partial charge in [0.25, 0.3) is 5.91 Å². The van der Waals surface area contributed by atoms with Crippen molar-refractivity contribution >= 4 is 45.0 Å². The van der Waals surface area contributed by atoms with Crippen LogP contribution in [-0.4, -0.2) is 16.1 Å². The van der Waals surface area contributed by atoms with Crippen molar-refractivity contribution in [3.63, 3.8) is 0 Å². The second-order valence-corrected chi connectivity index (χ2v) is 7.50. The van der Waals surface area contributed by atoms with E-state index in [-0.39, 0.29) is 5.91 Å². The Hall–Kier alpha value is -1.02. The molecule has 1 aromatic heterocycles. The average Bonchev–Trinajstić information content (AvgIpc) is 2.97. The van der Waals surface area contributed by atoms with E-state index in [0.29, 0.717) is 16.6 Å². The maximum absolute atomic E-state index is 12.2. The van der Waals surface area contributed by atoms with Crippen molar-refractivity contribution in [2.45, 2.75) is 38.0 Å². The number of amides is 1. The number of benzene rings is 1. The van der Waals surface area contributed by atoms with Gasteiger partial charge >= 0.3 is 0 Å². The highest BCUT2D eigenvalue weighted by molar-refractivity contribution is 14.1. The molecule has 1 saturated carbocycles. The van der Waals surface area contributed by atoms with Crippen LogP contribution in [0.1, 0.15) is 53.4 Å². The molecule has 0 unspecified atom stereocenters. The molecular weight excluding hydrogens is 397 g/mol. The Morgan fingerprint density at radius 1 is 1.24 bits per heavy atom. The first-order valence-electron chi connectivity index (χ1n) is 7.13. The first kappa shape index (κ1) is 14.9. The zero-order valence-electron chi connectivity index (χ0n) is 11.5. The fourth-order valence-corrected chi connectivity index (χ4v) is 4.05. The molecule has 1 fully saturated rings. The molecule has 0 radical (unpaired) electrons. The lowest BCUT2D eigenvalue weighted by Gasteiger charge is -2.18. The van der Waals surface area contributed by atoms with Crippen molar-refractivity contribution < 1.29 is 4.79 Å². The van der Waals surface area contributed by atoms with Crippen LogP contribution in [0.2, 0.25) is 0 Å². The molecule has 4 nitrogen and oxygen atoms in total. The molecule has 1 aromatic carbocycles.